The first kappa shape index (κ1) is 13.9. The van der Waals surface area contributed by atoms with E-state index in [4.69, 9.17) is 10.7 Å². The van der Waals surface area contributed by atoms with Gasteiger partial charge in [0.1, 0.15) is 5.82 Å². The molecule has 2 aromatic carbocycles. The number of nitrogens with two attached hydrogens (primary N) is 1. The number of rotatable bonds is 4. The molecule has 4 heteroatoms. The molecule has 0 fully saturated rings. The molecule has 0 aliphatic heterocycles. The van der Waals surface area contributed by atoms with Crippen molar-refractivity contribution >= 4 is 11.3 Å². The van der Waals surface area contributed by atoms with Crippen molar-refractivity contribution in [2.75, 3.05) is 0 Å². The fourth-order valence-corrected chi connectivity index (χ4v) is 3.22. The lowest BCUT2D eigenvalue weighted by atomic mass is 10.1. The van der Waals surface area contributed by atoms with Crippen molar-refractivity contribution in [3.05, 3.63) is 75.9 Å². The molecule has 1 heterocycles. The van der Waals surface area contributed by atoms with Crippen molar-refractivity contribution in [3.63, 3.8) is 0 Å². The van der Waals surface area contributed by atoms with Crippen LogP contribution in [0, 0.1) is 5.82 Å². The van der Waals surface area contributed by atoms with Crippen molar-refractivity contribution in [1.29, 1.82) is 0 Å². The van der Waals surface area contributed by atoms with Gasteiger partial charge in [-0.2, -0.15) is 0 Å². The van der Waals surface area contributed by atoms with Gasteiger partial charge in [0.2, 0.25) is 0 Å². The minimum Gasteiger partial charge on any atom is -0.326 e. The van der Waals surface area contributed by atoms with Crippen molar-refractivity contribution in [2.45, 2.75) is 13.0 Å². The largest absolute Gasteiger partial charge is 0.326 e. The van der Waals surface area contributed by atoms with E-state index in [1.54, 1.807) is 23.5 Å². The van der Waals surface area contributed by atoms with Gasteiger partial charge >= 0.3 is 0 Å². The highest BCUT2D eigenvalue weighted by molar-refractivity contribution is 7.12. The zero-order valence-corrected chi connectivity index (χ0v) is 12.2. The molecule has 0 saturated heterocycles. The summed E-state index contributed by atoms with van der Waals surface area (Å²) in [6.45, 7) is 0.477. The Morgan fingerprint density at radius 3 is 2.38 bits per heavy atom. The summed E-state index contributed by atoms with van der Waals surface area (Å²) in [4.78, 5) is 5.80. The highest BCUT2D eigenvalue weighted by atomic mass is 32.1. The zero-order chi connectivity index (χ0) is 14.7. The number of hydrogen-bond acceptors (Lipinski definition) is 3. The number of benzene rings is 2. The Balaban J connectivity index is 1.91. The van der Waals surface area contributed by atoms with Gasteiger partial charge < -0.3 is 5.73 Å². The molecule has 0 spiro atoms. The molecule has 1 aromatic heterocycles. The molecule has 0 unspecified atom stereocenters. The maximum atomic E-state index is 12.9. The van der Waals surface area contributed by atoms with Crippen LogP contribution in [0.25, 0.3) is 11.3 Å². The third-order valence-corrected chi connectivity index (χ3v) is 4.32. The van der Waals surface area contributed by atoms with Gasteiger partial charge in [-0.3, -0.25) is 0 Å². The van der Waals surface area contributed by atoms with Gasteiger partial charge in [-0.05, 0) is 17.7 Å². The van der Waals surface area contributed by atoms with Crippen molar-refractivity contribution < 1.29 is 4.39 Å². The predicted octanol–water partition coefficient (Wildman–Crippen LogP) is 4.00. The highest BCUT2D eigenvalue weighted by Gasteiger charge is 2.12. The second-order valence-electron chi connectivity index (χ2n) is 4.75. The first-order chi connectivity index (χ1) is 10.3. The van der Waals surface area contributed by atoms with Crippen LogP contribution in [0.15, 0.2) is 54.6 Å². The summed E-state index contributed by atoms with van der Waals surface area (Å²) < 4.78 is 12.9. The molecule has 2 N–H and O–H groups in total. The SMILES string of the molecule is NCc1sc(Cc2ccc(F)cc2)nc1-c1ccccc1. The Morgan fingerprint density at radius 1 is 1.00 bits per heavy atom. The number of thiazole rings is 1. The van der Waals surface area contributed by atoms with E-state index >= 15 is 0 Å². The van der Waals surface area contributed by atoms with E-state index in [1.807, 2.05) is 30.3 Å². The average Bonchev–Trinajstić information content (AvgIpc) is 2.93. The number of aromatic nitrogens is 1. The molecular formula is C17H15FN2S. The van der Waals surface area contributed by atoms with Crippen LogP contribution in [-0.2, 0) is 13.0 Å². The Labute approximate surface area is 127 Å². The normalized spacial score (nSPS) is 10.8. The van der Waals surface area contributed by atoms with Crippen LogP contribution >= 0.6 is 11.3 Å². The monoisotopic (exact) mass is 298 g/mol. The second-order valence-corrected chi connectivity index (χ2v) is 5.92. The molecule has 2 nitrogen and oxygen atoms in total. The third-order valence-electron chi connectivity index (χ3n) is 3.24. The van der Waals surface area contributed by atoms with Crippen LogP contribution < -0.4 is 5.73 Å². The van der Waals surface area contributed by atoms with E-state index in [2.05, 4.69) is 0 Å². The molecule has 3 rings (SSSR count). The zero-order valence-electron chi connectivity index (χ0n) is 11.4. The number of hydrogen-bond donors (Lipinski definition) is 1. The summed E-state index contributed by atoms with van der Waals surface area (Å²) in [7, 11) is 0. The summed E-state index contributed by atoms with van der Waals surface area (Å²) in [5, 5.41) is 1.00. The van der Waals surface area contributed by atoms with Crippen LogP contribution in [0.1, 0.15) is 15.4 Å². The lowest BCUT2D eigenvalue weighted by Crippen LogP contribution is -1.95. The maximum Gasteiger partial charge on any atom is 0.123 e. The molecule has 0 saturated carbocycles. The third kappa shape index (κ3) is 3.17. The van der Waals surface area contributed by atoms with Gasteiger partial charge in [0, 0.05) is 23.4 Å². The summed E-state index contributed by atoms with van der Waals surface area (Å²) in [5.41, 5.74) is 8.93. The van der Waals surface area contributed by atoms with Gasteiger partial charge in [0.25, 0.3) is 0 Å². The topological polar surface area (TPSA) is 38.9 Å². The smallest absolute Gasteiger partial charge is 0.123 e. The summed E-state index contributed by atoms with van der Waals surface area (Å²) in [6.07, 6.45) is 0.699. The lowest BCUT2D eigenvalue weighted by molar-refractivity contribution is 0.627. The molecule has 0 aliphatic carbocycles. The van der Waals surface area contributed by atoms with Gasteiger partial charge in [-0.15, -0.1) is 11.3 Å². The van der Waals surface area contributed by atoms with E-state index in [9.17, 15) is 4.39 Å². The number of halogens is 1. The molecule has 0 radical (unpaired) electrons. The summed E-state index contributed by atoms with van der Waals surface area (Å²) >= 11 is 1.62. The van der Waals surface area contributed by atoms with Crippen molar-refractivity contribution in [3.8, 4) is 11.3 Å². The minimum absolute atomic E-state index is 0.217. The molecule has 106 valence electrons. The molecule has 21 heavy (non-hydrogen) atoms. The molecule has 0 aliphatic rings. The summed E-state index contributed by atoms with van der Waals surface area (Å²) in [5.74, 6) is -0.217. The predicted molar refractivity (Wildman–Crippen MR) is 84.6 cm³/mol. The molecule has 0 bridgehead atoms. The van der Waals surface area contributed by atoms with Crippen LogP contribution in [0.4, 0.5) is 4.39 Å². The standard InChI is InChI=1S/C17H15FN2S/c18-14-8-6-12(7-9-14)10-16-20-17(15(11-19)21-16)13-4-2-1-3-5-13/h1-9H,10-11,19H2. The molecule has 0 amide bonds. The maximum absolute atomic E-state index is 12.9. The Hall–Kier alpha value is -2.04. The Kier molecular flexibility index (Phi) is 4.08. The Morgan fingerprint density at radius 2 is 1.71 bits per heavy atom. The lowest BCUT2D eigenvalue weighted by Gasteiger charge is -1.99. The molecule has 3 aromatic rings. The van der Waals surface area contributed by atoms with Crippen molar-refractivity contribution in [2.24, 2.45) is 5.73 Å². The first-order valence-electron chi connectivity index (χ1n) is 6.75. The fraction of sp³-hybridized carbons (Fsp3) is 0.118. The van der Waals surface area contributed by atoms with Crippen LogP contribution in [0.5, 0.6) is 0 Å². The van der Waals surface area contributed by atoms with E-state index < -0.39 is 0 Å². The van der Waals surface area contributed by atoms with Crippen LogP contribution in [0.3, 0.4) is 0 Å². The van der Waals surface area contributed by atoms with E-state index in [1.165, 1.54) is 12.1 Å². The van der Waals surface area contributed by atoms with E-state index in [-0.39, 0.29) is 5.82 Å². The first-order valence-corrected chi connectivity index (χ1v) is 7.56. The highest BCUT2D eigenvalue weighted by Crippen LogP contribution is 2.29. The van der Waals surface area contributed by atoms with Gasteiger partial charge in [-0.1, -0.05) is 42.5 Å². The summed E-state index contributed by atoms with van der Waals surface area (Å²) in [6, 6.07) is 16.6. The molecule has 0 atom stereocenters. The minimum atomic E-state index is -0.217. The Bertz CT molecular complexity index is 720. The van der Waals surface area contributed by atoms with Gasteiger partial charge in [-0.25, -0.2) is 9.37 Å². The number of nitrogens with zero attached hydrogens (tertiary/aromatic N) is 1. The fourth-order valence-electron chi connectivity index (χ4n) is 2.21. The van der Waals surface area contributed by atoms with Crippen molar-refractivity contribution in [1.82, 2.24) is 4.98 Å². The molecular weight excluding hydrogens is 283 g/mol. The van der Waals surface area contributed by atoms with Crippen LogP contribution in [-0.4, -0.2) is 4.98 Å². The van der Waals surface area contributed by atoms with E-state index in [0.717, 1.165) is 26.7 Å². The van der Waals surface area contributed by atoms with Gasteiger partial charge in [0.15, 0.2) is 0 Å². The van der Waals surface area contributed by atoms with Crippen LogP contribution in [0.2, 0.25) is 0 Å². The second kappa shape index (κ2) is 6.16. The quantitative estimate of drug-likeness (QED) is 0.790. The van der Waals surface area contributed by atoms with E-state index in [0.29, 0.717) is 13.0 Å². The van der Waals surface area contributed by atoms with Gasteiger partial charge in [0.05, 0.1) is 10.7 Å². The average molecular weight is 298 g/mol.